The van der Waals surface area contributed by atoms with Gasteiger partial charge in [-0.1, -0.05) is 0 Å². The molecule has 9 nitrogen and oxygen atoms in total. The number of thiazole rings is 1. The molecule has 2 aliphatic rings. The molecule has 0 N–H and O–H groups in total. The number of anilines is 1. The standard InChI is InChI=1S/C22H30N4O5S2/c1-30-19-5-4-18(16-20(19)31-2)33(28,29)26-11-6-17(7-12-26)21(27)24-9-3-10-25(14-13-24)22-23-8-15-32-22/h4-5,8,15-17H,3,6-7,9-14H2,1-2H3. The second-order valence-corrected chi connectivity index (χ2v) is 11.0. The minimum absolute atomic E-state index is 0.138. The van der Waals surface area contributed by atoms with Crippen molar-refractivity contribution in [3.05, 3.63) is 29.8 Å². The number of carbonyl (C=O) groups is 1. The van der Waals surface area contributed by atoms with Gasteiger partial charge in [0.25, 0.3) is 0 Å². The highest BCUT2D eigenvalue weighted by Gasteiger charge is 2.34. The van der Waals surface area contributed by atoms with Gasteiger partial charge in [0.05, 0.1) is 19.1 Å². The molecule has 0 atom stereocenters. The summed E-state index contributed by atoms with van der Waals surface area (Å²) in [6.07, 6.45) is 3.76. The van der Waals surface area contributed by atoms with E-state index in [1.807, 2.05) is 10.3 Å². The highest BCUT2D eigenvalue weighted by molar-refractivity contribution is 7.89. The molecule has 180 valence electrons. The zero-order valence-corrected chi connectivity index (χ0v) is 20.6. The van der Waals surface area contributed by atoms with Crippen molar-refractivity contribution < 1.29 is 22.7 Å². The lowest BCUT2D eigenvalue weighted by Crippen LogP contribution is -2.45. The zero-order valence-electron chi connectivity index (χ0n) is 19.0. The van der Waals surface area contributed by atoms with Crippen molar-refractivity contribution in [1.29, 1.82) is 0 Å². The van der Waals surface area contributed by atoms with Crippen LogP contribution in [0.2, 0.25) is 0 Å². The maximum Gasteiger partial charge on any atom is 0.243 e. The van der Waals surface area contributed by atoms with Crippen molar-refractivity contribution in [1.82, 2.24) is 14.2 Å². The maximum absolute atomic E-state index is 13.2. The Hall–Kier alpha value is -2.37. The number of ether oxygens (including phenoxy) is 2. The highest BCUT2D eigenvalue weighted by Crippen LogP contribution is 2.32. The van der Waals surface area contributed by atoms with E-state index in [4.69, 9.17) is 9.47 Å². The van der Waals surface area contributed by atoms with Crippen LogP contribution in [-0.2, 0) is 14.8 Å². The molecule has 11 heteroatoms. The summed E-state index contributed by atoms with van der Waals surface area (Å²) in [6.45, 7) is 3.71. The number of piperidine rings is 1. The molecule has 1 aromatic heterocycles. The molecule has 0 radical (unpaired) electrons. The van der Waals surface area contributed by atoms with Crippen molar-refractivity contribution >= 4 is 32.4 Å². The van der Waals surface area contributed by atoms with Crippen LogP contribution < -0.4 is 14.4 Å². The van der Waals surface area contributed by atoms with Gasteiger partial charge in [-0.15, -0.1) is 11.3 Å². The monoisotopic (exact) mass is 494 g/mol. The van der Waals surface area contributed by atoms with Gasteiger partial charge < -0.3 is 19.3 Å². The Bertz CT molecular complexity index is 1050. The Morgan fingerprint density at radius 2 is 1.79 bits per heavy atom. The van der Waals surface area contributed by atoms with E-state index in [9.17, 15) is 13.2 Å². The Labute approximate surface area is 199 Å². The van der Waals surface area contributed by atoms with Crippen molar-refractivity contribution in [3.8, 4) is 11.5 Å². The zero-order chi connectivity index (χ0) is 23.4. The third kappa shape index (κ3) is 5.10. The quantitative estimate of drug-likeness (QED) is 0.608. The number of nitrogens with zero attached hydrogens (tertiary/aromatic N) is 4. The molecule has 1 amide bonds. The van der Waals surface area contributed by atoms with Gasteiger partial charge in [0, 0.05) is 62.8 Å². The summed E-state index contributed by atoms with van der Waals surface area (Å²) in [5.74, 6) is 0.843. The summed E-state index contributed by atoms with van der Waals surface area (Å²) >= 11 is 1.62. The summed E-state index contributed by atoms with van der Waals surface area (Å²) in [5.41, 5.74) is 0. The fourth-order valence-corrected chi connectivity index (χ4v) is 6.61. The molecule has 0 spiro atoms. The number of benzene rings is 1. The van der Waals surface area contributed by atoms with Gasteiger partial charge in [-0.3, -0.25) is 4.79 Å². The second-order valence-electron chi connectivity index (χ2n) is 8.18. The van der Waals surface area contributed by atoms with Crippen molar-refractivity contribution in [2.45, 2.75) is 24.2 Å². The normalized spacial score (nSPS) is 18.7. The van der Waals surface area contributed by atoms with Crippen LogP contribution in [-0.4, -0.2) is 82.0 Å². The lowest BCUT2D eigenvalue weighted by molar-refractivity contribution is -0.136. The number of aromatic nitrogens is 1. The number of amides is 1. The van der Waals surface area contributed by atoms with Crippen LogP contribution >= 0.6 is 11.3 Å². The van der Waals surface area contributed by atoms with Gasteiger partial charge in [-0.2, -0.15) is 4.31 Å². The Morgan fingerprint density at radius 3 is 2.45 bits per heavy atom. The molecule has 33 heavy (non-hydrogen) atoms. The van der Waals surface area contributed by atoms with Crippen molar-refractivity contribution in [2.24, 2.45) is 5.92 Å². The predicted octanol–water partition coefficient (Wildman–Crippen LogP) is 2.30. The summed E-state index contributed by atoms with van der Waals surface area (Å²) in [5, 5.41) is 2.96. The fourth-order valence-electron chi connectivity index (χ4n) is 4.43. The van der Waals surface area contributed by atoms with E-state index in [0.717, 1.165) is 31.2 Å². The van der Waals surface area contributed by atoms with Crippen LogP contribution in [0.5, 0.6) is 11.5 Å². The molecule has 2 aliphatic heterocycles. The lowest BCUT2D eigenvalue weighted by Gasteiger charge is -2.33. The van der Waals surface area contributed by atoms with E-state index in [-0.39, 0.29) is 16.7 Å². The Balaban J connectivity index is 1.36. The average Bonchev–Trinajstić information content (AvgIpc) is 3.27. The number of sulfonamides is 1. The van der Waals surface area contributed by atoms with Crippen LogP contribution in [0.3, 0.4) is 0 Å². The maximum atomic E-state index is 13.2. The van der Waals surface area contributed by atoms with Gasteiger partial charge in [-0.25, -0.2) is 13.4 Å². The second kappa shape index (κ2) is 10.3. The summed E-state index contributed by atoms with van der Waals surface area (Å²) in [6, 6.07) is 4.60. The molecular weight excluding hydrogens is 464 g/mol. The van der Waals surface area contributed by atoms with E-state index in [1.165, 1.54) is 30.7 Å². The lowest BCUT2D eigenvalue weighted by atomic mass is 9.96. The summed E-state index contributed by atoms with van der Waals surface area (Å²) in [7, 11) is -0.686. The summed E-state index contributed by atoms with van der Waals surface area (Å²) in [4.78, 5) is 21.9. The molecule has 4 rings (SSSR count). The first kappa shape index (κ1) is 23.8. The van der Waals surface area contributed by atoms with Gasteiger partial charge in [0.2, 0.25) is 15.9 Å². The first-order valence-corrected chi connectivity index (χ1v) is 13.4. The van der Waals surface area contributed by atoms with E-state index in [0.29, 0.717) is 44.0 Å². The smallest absolute Gasteiger partial charge is 0.243 e. The largest absolute Gasteiger partial charge is 0.493 e. The molecule has 2 fully saturated rings. The molecule has 3 heterocycles. The van der Waals surface area contributed by atoms with Crippen LogP contribution in [0.4, 0.5) is 5.13 Å². The van der Waals surface area contributed by atoms with E-state index in [2.05, 4.69) is 9.88 Å². The third-order valence-corrected chi connectivity index (χ3v) is 9.02. The Kier molecular flexibility index (Phi) is 7.40. The SMILES string of the molecule is COc1ccc(S(=O)(=O)N2CCC(C(=O)N3CCCN(c4nccs4)CC3)CC2)cc1OC. The minimum atomic E-state index is -3.67. The molecule has 0 aliphatic carbocycles. The molecular formula is C22H30N4O5S2. The first-order chi connectivity index (χ1) is 15.9. The molecule has 1 aromatic carbocycles. The number of methoxy groups -OCH3 is 2. The van der Waals surface area contributed by atoms with Gasteiger partial charge in [0.15, 0.2) is 16.6 Å². The Morgan fingerprint density at radius 1 is 1.03 bits per heavy atom. The van der Waals surface area contributed by atoms with Crippen LogP contribution in [0, 0.1) is 5.92 Å². The highest BCUT2D eigenvalue weighted by atomic mass is 32.2. The average molecular weight is 495 g/mol. The number of hydrogen-bond donors (Lipinski definition) is 0. The summed E-state index contributed by atoms with van der Waals surface area (Å²) < 4.78 is 38.2. The predicted molar refractivity (Wildman–Crippen MR) is 127 cm³/mol. The van der Waals surface area contributed by atoms with Gasteiger partial charge in [-0.05, 0) is 31.4 Å². The van der Waals surface area contributed by atoms with Gasteiger partial charge in [0.1, 0.15) is 0 Å². The van der Waals surface area contributed by atoms with E-state index < -0.39 is 10.0 Å². The first-order valence-electron chi connectivity index (χ1n) is 11.1. The van der Waals surface area contributed by atoms with Crippen molar-refractivity contribution in [3.63, 3.8) is 0 Å². The topological polar surface area (TPSA) is 92.3 Å². The van der Waals surface area contributed by atoms with Gasteiger partial charge >= 0.3 is 0 Å². The van der Waals surface area contributed by atoms with E-state index >= 15 is 0 Å². The number of carbonyl (C=O) groups excluding carboxylic acids is 1. The molecule has 2 saturated heterocycles. The van der Waals surface area contributed by atoms with Crippen LogP contribution in [0.25, 0.3) is 0 Å². The van der Waals surface area contributed by atoms with Crippen LogP contribution in [0.15, 0.2) is 34.7 Å². The molecule has 0 saturated carbocycles. The molecule has 0 bridgehead atoms. The number of rotatable bonds is 6. The van der Waals surface area contributed by atoms with Crippen molar-refractivity contribution in [2.75, 3.05) is 58.4 Å². The molecule has 2 aromatic rings. The third-order valence-electron chi connectivity index (χ3n) is 6.29. The number of hydrogen-bond acceptors (Lipinski definition) is 8. The molecule has 0 unspecified atom stereocenters. The minimum Gasteiger partial charge on any atom is -0.493 e. The van der Waals surface area contributed by atoms with Crippen LogP contribution in [0.1, 0.15) is 19.3 Å². The van der Waals surface area contributed by atoms with E-state index in [1.54, 1.807) is 23.6 Å². The fraction of sp³-hybridized carbons (Fsp3) is 0.545.